The zero-order valence-electron chi connectivity index (χ0n) is 17.7. The number of amides is 1. The Kier molecular flexibility index (Phi) is 5.66. The van der Waals surface area contributed by atoms with Crippen LogP contribution in [0.3, 0.4) is 0 Å². The summed E-state index contributed by atoms with van der Waals surface area (Å²) in [5.41, 5.74) is -0.672. The smallest absolute Gasteiger partial charge is 0.360 e. The van der Waals surface area contributed by atoms with Crippen molar-refractivity contribution in [2.75, 3.05) is 25.2 Å². The summed E-state index contributed by atoms with van der Waals surface area (Å²) in [5.74, 6) is -0.0865. The van der Waals surface area contributed by atoms with Crippen LogP contribution in [-0.2, 0) is 15.5 Å². The summed E-state index contributed by atoms with van der Waals surface area (Å²) >= 11 is 0. The van der Waals surface area contributed by atoms with E-state index in [0.29, 0.717) is 30.3 Å². The molecule has 0 spiro atoms. The number of benzene rings is 1. The maximum absolute atomic E-state index is 13.8. The lowest BCUT2D eigenvalue weighted by Crippen LogP contribution is -2.42. The van der Waals surface area contributed by atoms with Crippen LogP contribution in [0, 0.1) is 11.3 Å². The molecule has 1 amide bonds. The minimum Gasteiger partial charge on any atom is -0.360 e. The first kappa shape index (κ1) is 22.8. The van der Waals surface area contributed by atoms with Crippen LogP contribution in [0.25, 0.3) is 22.2 Å². The van der Waals surface area contributed by atoms with Gasteiger partial charge >= 0.3 is 6.18 Å². The first-order chi connectivity index (χ1) is 15.5. The number of piperidine rings is 1. The zero-order valence-corrected chi connectivity index (χ0v) is 18.6. The van der Waals surface area contributed by atoms with Gasteiger partial charge in [0.25, 0.3) is 0 Å². The van der Waals surface area contributed by atoms with Gasteiger partial charge in [0.15, 0.2) is 0 Å². The maximum Gasteiger partial charge on any atom is 0.419 e. The topological polar surface area (TPSA) is 124 Å². The molecule has 4 rings (SSSR count). The zero-order chi connectivity index (χ0) is 24.0. The molecule has 1 atom stereocenters. The Morgan fingerprint density at radius 1 is 1.30 bits per heavy atom. The van der Waals surface area contributed by atoms with Crippen molar-refractivity contribution < 1.29 is 22.5 Å². The Morgan fingerprint density at radius 3 is 2.67 bits per heavy atom. The van der Waals surface area contributed by atoms with Gasteiger partial charge in [0.2, 0.25) is 11.9 Å². The van der Waals surface area contributed by atoms with E-state index in [1.165, 1.54) is 31.7 Å². The van der Waals surface area contributed by atoms with E-state index in [4.69, 9.17) is 0 Å². The van der Waals surface area contributed by atoms with Crippen LogP contribution in [-0.4, -0.2) is 46.8 Å². The van der Waals surface area contributed by atoms with E-state index in [2.05, 4.69) is 25.6 Å². The predicted molar refractivity (Wildman–Crippen MR) is 118 cm³/mol. The molecule has 3 N–H and O–H groups in total. The standard InChI is InChI=1S/C21H20F3N6O2P/c1-33(2,32)19-11(7-25)3-5-13-14(9-27-18(13)19)17-15(21(22,23)24)10-28-20(30-17)29-12-4-6-16(31)26-8-12/h3,5,9-10,12,27H,4,6,8H2,1-2H3,(H,26,31)(H,28,29,30)/t12-/m0/s1. The molecule has 8 nitrogen and oxygen atoms in total. The molecule has 0 aliphatic carbocycles. The fraction of sp³-hybridized carbons (Fsp3) is 0.333. The highest BCUT2D eigenvalue weighted by atomic mass is 31.2. The van der Waals surface area contributed by atoms with Crippen molar-refractivity contribution in [2.45, 2.75) is 25.1 Å². The third kappa shape index (κ3) is 4.44. The molecule has 12 heteroatoms. The first-order valence-electron chi connectivity index (χ1n) is 10.1. The molecule has 3 heterocycles. The molecular weight excluding hydrogens is 456 g/mol. The molecule has 2 aromatic heterocycles. The molecule has 1 saturated heterocycles. The van der Waals surface area contributed by atoms with E-state index in [-0.39, 0.29) is 40.0 Å². The van der Waals surface area contributed by atoms with Gasteiger partial charge in [-0.15, -0.1) is 0 Å². The van der Waals surface area contributed by atoms with Crippen molar-refractivity contribution in [3.63, 3.8) is 0 Å². The highest BCUT2D eigenvalue weighted by Crippen LogP contribution is 2.42. The number of hydrogen-bond donors (Lipinski definition) is 3. The number of halogens is 3. The van der Waals surface area contributed by atoms with Gasteiger partial charge in [0.1, 0.15) is 12.7 Å². The molecule has 0 saturated carbocycles. The minimum atomic E-state index is -4.71. The molecule has 33 heavy (non-hydrogen) atoms. The molecule has 172 valence electrons. The first-order valence-corrected chi connectivity index (χ1v) is 12.7. The van der Waals surface area contributed by atoms with Crippen molar-refractivity contribution in [3.05, 3.63) is 35.7 Å². The maximum atomic E-state index is 13.8. The lowest BCUT2D eigenvalue weighted by Gasteiger charge is -2.23. The number of aromatic nitrogens is 3. The Balaban J connectivity index is 1.86. The van der Waals surface area contributed by atoms with E-state index in [1.807, 2.05) is 6.07 Å². The van der Waals surface area contributed by atoms with Gasteiger partial charge < -0.3 is 20.2 Å². The number of fused-ring (bicyclic) bond motifs is 1. The average molecular weight is 476 g/mol. The number of hydrogen-bond acceptors (Lipinski definition) is 6. The lowest BCUT2D eigenvalue weighted by atomic mass is 10.0. The summed E-state index contributed by atoms with van der Waals surface area (Å²) in [5, 5.41) is 15.8. The third-order valence-corrected chi connectivity index (χ3v) is 6.98. The van der Waals surface area contributed by atoms with Gasteiger partial charge in [-0.3, -0.25) is 4.79 Å². The Morgan fingerprint density at radius 2 is 2.06 bits per heavy atom. The van der Waals surface area contributed by atoms with E-state index >= 15 is 0 Å². The number of H-pyrrole nitrogens is 1. The van der Waals surface area contributed by atoms with E-state index in [1.54, 1.807) is 0 Å². The van der Waals surface area contributed by atoms with E-state index < -0.39 is 18.9 Å². The Labute approximate surface area is 187 Å². The normalized spacial score (nSPS) is 17.0. The SMILES string of the molecule is CP(C)(=O)c1c(C#N)ccc2c(-c3nc(N[C@H]4CCC(=O)NC4)ncc3C(F)(F)F)c[nH]c12. The van der Waals surface area contributed by atoms with Gasteiger partial charge in [-0.2, -0.15) is 18.4 Å². The number of anilines is 1. The Bertz CT molecular complexity index is 1330. The summed E-state index contributed by atoms with van der Waals surface area (Å²) in [6.45, 7) is 3.31. The number of rotatable bonds is 4. The van der Waals surface area contributed by atoms with Crippen LogP contribution in [0.4, 0.5) is 19.1 Å². The predicted octanol–water partition coefficient (Wildman–Crippen LogP) is 3.45. The molecule has 0 radical (unpaired) electrons. The average Bonchev–Trinajstić information content (AvgIpc) is 3.17. The van der Waals surface area contributed by atoms with Gasteiger partial charge in [-0.1, -0.05) is 6.07 Å². The molecule has 1 aliphatic rings. The van der Waals surface area contributed by atoms with Crippen LogP contribution in [0.2, 0.25) is 0 Å². The molecule has 1 fully saturated rings. The number of nitrogens with one attached hydrogen (secondary N) is 3. The number of carbonyl (C=O) groups is 1. The lowest BCUT2D eigenvalue weighted by molar-refractivity contribution is -0.137. The van der Waals surface area contributed by atoms with Crippen LogP contribution in [0.15, 0.2) is 24.5 Å². The molecule has 1 aliphatic heterocycles. The number of carbonyl (C=O) groups excluding carboxylic acids is 1. The largest absolute Gasteiger partial charge is 0.419 e. The Hall–Kier alpha value is -3.38. The van der Waals surface area contributed by atoms with Gasteiger partial charge in [-0.25, -0.2) is 9.97 Å². The van der Waals surface area contributed by atoms with Crippen LogP contribution in [0.5, 0.6) is 0 Å². The summed E-state index contributed by atoms with van der Waals surface area (Å²) in [6.07, 6.45) is -1.82. The summed E-state index contributed by atoms with van der Waals surface area (Å²) in [7, 11) is -2.93. The third-order valence-electron chi connectivity index (χ3n) is 5.44. The van der Waals surface area contributed by atoms with Gasteiger partial charge in [0.05, 0.1) is 28.1 Å². The van der Waals surface area contributed by atoms with Crippen molar-refractivity contribution in [1.82, 2.24) is 20.3 Å². The van der Waals surface area contributed by atoms with E-state index in [0.717, 1.165) is 6.20 Å². The van der Waals surface area contributed by atoms with Crippen molar-refractivity contribution >= 4 is 35.2 Å². The fourth-order valence-electron chi connectivity index (χ4n) is 3.93. The molecule has 3 aromatic rings. The second-order valence-corrected chi connectivity index (χ2v) is 11.3. The minimum absolute atomic E-state index is 0.000905. The number of nitrogens with zero attached hydrogens (tertiary/aromatic N) is 3. The quantitative estimate of drug-likeness (QED) is 0.496. The molecule has 0 unspecified atom stereocenters. The van der Waals surface area contributed by atoms with Gasteiger partial charge in [-0.05, 0) is 25.8 Å². The van der Waals surface area contributed by atoms with Crippen LogP contribution in [0.1, 0.15) is 24.0 Å². The van der Waals surface area contributed by atoms with E-state index in [9.17, 15) is 27.8 Å². The highest BCUT2D eigenvalue weighted by Gasteiger charge is 2.36. The van der Waals surface area contributed by atoms with Crippen LogP contribution >= 0.6 is 7.14 Å². The molecular formula is C21H20F3N6O2P. The molecule has 1 aromatic carbocycles. The number of aromatic amines is 1. The van der Waals surface area contributed by atoms with Crippen molar-refractivity contribution in [1.29, 1.82) is 5.26 Å². The summed E-state index contributed by atoms with van der Waals surface area (Å²) < 4.78 is 54.3. The molecule has 0 bridgehead atoms. The number of nitriles is 1. The van der Waals surface area contributed by atoms with Crippen LogP contribution < -0.4 is 15.9 Å². The fourth-order valence-corrected chi connectivity index (χ4v) is 5.36. The van der Waals surface area contributed by atoms with Crippen molar-refractivity contribution in [3.8, 4) is 17.3 Å². The summed E-state index contributed by atoms with van der Waals surface area (Å²) in [6, 6.07) is 4.75. The van der Waals surface area contributed by atoms with Crippen molar-refractivity contribution in [2.24, 2.45) is 0 Å². The second-order valence-electron chi connectivity index (χ2n) is 8.19. The second kappa shape index (κ2) is 8.19. The monoisotopic (exact) mass is 476 g/mol. The van der Waals surface area contributed by atoms with Gasteiger partial charge in [0, 0.05) is 42.4 Å². The number of alkyl halides is 3. The highest BCUT2D eigenvalue weighted by molar-refractivity contribution is 7.70. The summed E-state index contributed by atoms with van der Waals surface area (Å²) in [4.78, 5) is 22.3.